The third-order valence-electron chi connectivity index (χ3n) is 10.3. The van der Waals surface area contributed by atoms with Gasteiger partial charge in [0, 0.05) is 42.3 Å². The summed E-state index contributed by atoms with van der Waals surface area (Å²) in [6.07, 6.45) is 0. The molecule has 0 N–H and O–H groups in total. The smallest absolute Gasteiger partial charge is 0.164 e. The number of hydrogen-bond donors (Lipinski definition) is 0. The molecule has 4 heteroatoms. The number of aromatic nitrogens is 3. The molecule has 0 spiro atoms. The molecule has 2 aromatic heterocycles. The van der Waals surface area contributed by atoms with Gasteiger partial charge in [0.2, 0.25) is 0 Å². The first-order valence-electron chi connectivity index (χ1n) is 17.0. The fourth-order valence-electron chi connectivity index (χ4n) is 7.99. The summed E-state index contributed by atoms with van der Waals surface area (Å²) < 4.78 is 2.62. The molecule has 236 valence electrons. The molecule has 0 amide bonds. The molecule has 1 aliphatic rings. The summed E-state index contributed by atoms with van der Waals surface area (Å²) in [4.78, 5) is 15.4. The maximum absolute atomic E-state index is 5.19. The van der Waals surface area contributed by atoms with E-state index in [0.717, 1.165) is 16.7 Å². The summed E-state index contributed by atoms with van der Waals surface area (Å²) in [7, 11) is 0. The Bertz CT molecular complexity index is 2720. The molecule has 0 atom stereocenters. The molecular formula is C46H31N3S. The van der Waals surface area contributed by atoms with Crippen LogP contribution in [0.4, 0.5) is 0 Å². The molecule has 0 saturated carbocycles. The van der Waals surface area contributed by atoms with Crippen molar-refractivity contribution in [1.82, 2.24) is 15.0 Å². The number of rotatable bonds is 4. The predicted octanol–water partition coefficient (Wildman–Crippen LogP) is 12.4. The van der Waals surface area contributed by atoms with Crippen LogP contribution in [-0.2, 0) is 5.41 Å². The van der Waals surface area contributed by atoms with E-state index in [0.29, 0.717) is 17.5 Å². The molecule has 2 heterocycles. The van der Waals surface area contributed by atoms with Crippen LogP contribution in [0.25, 0.3) is 87.4 Å². The first kappa shape index (κ1) is 29.0. The lowest BCUT2D eigenvalue weighted by atomic mass is 9.77. The van der Waals surface area contributed by atoms with Crippen LogP contribution < -0.4 is 0 Å². The molecule has 0 fully saturated rings. The van der Waals surface area contributed by atoms with Crippen LogP contribution in [0.5, 0.6) is 0 Å². The predicted molar refractivity (Wildman–Crippen MR) is 210 cm³/mol. The summed E-state index contributed by atoms with van der Waals surface area (Å²) in [5.74, 6) is 2.01. The number of hydrogen-bond acceptors (Lipinski definition) is 4. The van der Waals surface area contributed by atoms with E-state index in [-0.39, 0.29) is 5.41 Å². The van der Waals surface area contributed by atoms with E-state index in [4.69, 9.17) is 15.0 Å². The minimum absolute atomic E-state index is 0.254. The fourth-order valence-corrected chi connectivity index (χ4v) is 9.15. The van der Waals surface area contributed by atoms with Gasteiger partial charge in [0.05, 0.1) is 0 Å². The lowest BCUT2D eigenvalue weighted by molar-refractivity contribution is 0.662. The van der Waals surface area contributed by atoms with E-state index in [1.165, 1.54) is 64.3 Å². The van der Waals surface area contributed by atoms with Crippen molar-refractivity contribution >= 4 is 42.3 Å². The average Bonchev–Trinajstić information content (AvgIpc) is 3.65. The van der Waals surface area contributed by atoms with Gasteiger partial charge in [-0.3, -0.25) is 0 Å². The van der Waals surface area contributed by atoms with E-state index in [9.17, 15) is 0 Å². The lowest BCUT2D eigenvalue weighted by Crippen LogP contribution is -2.16. The summed E-state index contributed by atoms with van der Waals surface area (Å²) in [6.45, 7) is 4.73. The van der Waals surface area contributed by atoms with Gasteiger partial charge in [0.25, 0.3) is 0 Å². The molecule has 0 unspecified atom stereocenters. The Morgan fingerprint density at radius 3 is 1.76 bits per heavy atom. The molecule has 0 aliphatic heterocycles. The first-order chi connectivity index (χ1) is 24.5. The van der Waals surface area contributed by atoms with E-state index < -0.39 is 0 Å². The molecule has 9 aromatic rings. The van der Waals surface area contributed by atoms with Crippen molar-refractivity contribution in [3.05, 3.63) is 163 Å². The minimum atomic E-state index is -0.254. The number of fused-ring (bicyclic) bond motifs is 7. The largest absolute Gasteiger partial charge is 0.208 e. The van der Waals surface area contributed by atoms with Crippen molar-refractivity contribution in [2.24, 2.45) is 0 Å². The average molecular weight is 658 g/mol. The van der Waals surface area contributed by atoms with Gasteiger partial charge in [-0.05, 0) is 68.4 Å². The number of benzene rings is 7. The van der Waals surface area contributed by atoms with E-state index in [1.54, 1.807) is 0 Å². The SMILES string of the molecule is CC1(C)c2ccccc2-c2c(-c3nc(-c4ccccc4)nc(-c4ccccc4)n3)ccc(-c3cccc4sc5cc6ccccc6cc5c34)c21. The van der Waals surface area contributed by atoms with Gasteiger partial charge < -0.3 is 0 Å². The second-order valence-corrected chi connectivity index (χ2v) is 14.7. The quantitative estimate of drug-likeness (QED) is 0.189. The van der Waals surface area contributed by atoms with E-state index in [1.807, 2.05) is 47.7 Å². The second kappa shape index (κ2) is 11.0. The summed E-state index contributed by atoms with van der Waals surface area (Å²) >= 11 is 1.88. The maximum Gasteiger partial charge on any atom is 0.164 e. The molecular weight excluding hydrogens is 627 g/mol. The van der Waals surface area contributed by atoms with Crippen LogP contribution in [-0.4, -0.2) is 15.0 Å². The highest BCUT2D eigenvalue weighted by molar-refractivity contribution is 7.26. The zero-order valence-electron chi connectivity index (χ0n) is 27.7. The topological polar surface area (TPSA) is 38.7 Å². The van der Waals surface area contributed by atoms with Crippen LogP contribution in [0.2, 0.25) is 0 Å². The highest BCUT2D eigenvalue weighted by Crippen LogP contribution is 2.56. The standard InChI is InChI=1S/C46H31N3S/c1-46(2)37-22-12-11-20-34(37)41-35(45-48-43(28-14-5-3-6-15-28)47-44(49-45)29-16-7-4-8-17-29)25-24-33(42(41)46)32-21-13-23-38-40(32)36-26-30-18-9-10-19-31(30)27-39(36)50-38/h3-27H,1-2H3. The van der Waals surface area contributed by atoms with Crippen LogP contribution in [0.3, 0.4) is 0 Å². The molecule has 50 heavy (non-hydrogen) atoms. The third kappa shape index (κ3) is 4.38. The minimum Gasteiger partial charge on any atom is -0.208 e. The van der Waals surface area contributed by atoms with Crippen LogP contribution in [0.15, 0.2) is 152 Å². The Balaban J connectivity index is 1.28. The van der Waals surface area contributed by atoms with Gasteiger partial charge in [-0.15, -0.1) is 11.3 Å². The molecule has 1 aliphatic carbocycles. The van der Waals surface area contributed by atoms with Gasteiger partial charge in [-0.1, -0.05) is 141 Å². The Labute approximate surface area is 294 Å². The highest BCUT2D eigenvalue weighted by Gasteiger charge is 2.40. The summed E-state index contributed by atoms with van der Waals surface area (Å²) in [5.41, 5.74) is 10.3. The second-order valence-electron chi connectivity index (χ2n) is 13.6. The Kier molecular flexibility index (Phi) is 6.39. The van der Waals surface area contributed by atoms with Gasteiger partial charge in [0.15, 0.2) is 17.5 Å². The zero-order valence-corrected chi connectivity index (χ0v) is 28.5. The van der Waals surface area contributed by atoms with Crippen molar-refractivity contribution < 1.29 is 0 Å². The van der Waals surface area contributed by atoms with Gasteiger partial charge in [0.1, 0.15) is 0 Å². The first-order valence-corrected chi connectivity index (χ1v) is 17.9. The fraction of sp³-hybridized carbons (Fsp3) is 0.0652. The highest BCUT2D eigenvalue weighted by atomic mass is 32.1. The Morgan fingerprint density at radius 2 is 1.04 bits per heavy atom. The van der Waals surface area contributed by atoms with Crippen molar-refractivity contribution in [3.63, 3.8) is 0 Å². The van der Waals surface area contributed by atoms with E-state index >= 15 is 0 Å². The number of thiophene rings is 1. The van der Waals surface area contributed by atoms with Crippen molar-refractivity contribution in [2.75, 3.05) is 0 Å². The maximum atomic E-state index is 5.19. The Hall–Kier alpha value is -5.97. The van der Waals surface area contributed by atoms with Crippen molar-refractivity contribution in [3.8, 4) is 56.4 Å². The monoisotopic (exact) mass is 657 g/mol. The summed E-state index contributed by atoms with van der Waals surface area (Å²) in [6, 6.07) is 54.0. The molecule has 0 radical (unpaired) electrons. The van der Waals surface area contributed by atoms with Crippen LogP contribution in [0.1, 0.15) is 25.0 Å². The van der Waals surface area contributed by atoms with Gasteiger partial charge in [-0.25, -0.2) is 15.0 Å². The molecule has 0 saturated heterocycles. The molecule has 7 aromatic carbocycles. The van der Waals surface area contributed by atoms with E-state index in [2.05, 4.69) is 129 Å². The van der Waals surface area contributed by atoms with Gasteiger partial charge in [-0.2, -0.15) is 0 Å². The zero-order chi connectivity index (χ0) is 33.4. The molecule has 10 rings (SSSR count). The molecule has 3 nitrogen and oxygen atoms in total. The van der Waals surface area contributed by atoms with Crippen LogP contribution in [0, 0.1) is 0 Å². The Morgan fingerprint density at radius 1 is 0.460 bits per heavy atom. The summed E-state index contributed by atoms with van der Waals surface area (Å²) in [5, 5.41) is 5.17. The number of nitrogens with zero attached hydrogens (tertiary/aromatic N) is 3. The third-order valence-corrected chi connectivity index (χ3v) is 11.4. The lowest BCUT2D eigenvalue weighted by Gasteiger charge is -2.25. The normalized spacial score (nSPS) is 13.2. The van der Waals surface area contributed by atoms with Crippen molar-refractivity contribution in [2.45, 2.75) is 19.3 Å². The molecule has 0 bridgehead atoms. The van der Waals surface area contributed by atoms with Crippen LogP contribution >= 0.6 is 11.3 Å². The van der Waals surface area contributed by atoms with Gasteiger partial charge >= 0.3 is 0 Å². The van der Waals surface area contributed by atoms with Crippen molar-refractivity contribution in [1.29, 1.82) is 0 Å².